The monoisotopic (exact) mass is 200 g/mol. The normalized spacial score (nSPS) is 48.7. The first kappa shape index (κ1) is 6.90. The summed E-state index contributed by atoms with van der Waals surface area (Å²) in [5.74, 6) is 1.87. The van der Waals surface area contributed by atoms with Crippen molar-refractivity contribution >= 4 is 15.9 Å². The molecule has 0 radical (unpaired) electrons. The maximum absolute atomic E-state index is 3.69. The Kier molecular flexibility index (Phi) is 1.86. The summed E-state index contributed by atoms with van der Waals surface area (Å²) in [6, 6.07) is 0. The lowest BCUT2D eigenvalue weighted by Crippen LogP contribution is -1.84. The molecule has 0 aromatic heterocycles. The first-order valence-corrected chi connectivity index (χ1v) is 5.12. The van der Waals surface area contributed by atoms with E-state index >= 15 is 0 Å². The maximum atomic E-state index is 3.69. The van der Waals surface area contributed by atoms with Crippen LogP contribution in [0.25, 0.3) is 0 Å². The van der Waals surface area contributed by atoms with Crippen molar-refractivity contribution in [2.75, 3.05) is 0 Å². The fraction of sp³-hybridized carbons (Fsp3) is 0.778. The molecule has 0 bridgehead atoms. The van der Waals surface area contributed by atoms with Gasteiger partial charge in [-0.05, 0) is 31.1 Å². The Hall–Kier alpha value is 0.220. The largest absolute Gasteiger partial charge is 0.0882 e. The maximum Gasteiger partial charge on any atom is 0.0245 e. The summed E-state index contributed by atoms with van der Waals surface area (Å²) < 4.78 is 0. The van der Waals surface area contributed by atoms with E-state index in [9.17, 15) is 0 Å². The first-order valence-electron chi connectivity index (χ1n) is 4.20. The average molecular weight is 201 g/mol. The fourth-order valence-corrected chi connectivity index (χ4v) is 2.86. The van der Waals surface area contributed by atoms with Crippen LogP contribution in [0.15, 0.2) is 12.2 Å². The van der Waals surface area contributed by atoms with Crippen LogP contribution in [0.5, 0.6) is 0 Å². The Balaban J connectivity index is 1.99. The van der Waals surface area contributed by atoms with Gasteiger partial charge in [0, 0.05) is 4.83 Å². The van der Waals surface area contributed by atoms with Crippen molar-refractivity contribution in [1.29, 1.82) is 0 Å². The third-order valence-corrected chi connectivity index (χ3v) is 3.94. The quantitative estimate of drug-likeness (QED) is 0.417. The molecule has 1 saturated carbocycles. The van der Waals surface area contributed by atoms with E-state index in [2.05, 4.69) is 28.1 Å². The number of alkyl halides is 1. The summed E-state index contributed by atoms with van der Waals surface area (Å²) in [5, 5.41) is 0. The summed E-state index contributed by atoms with van der Waals surface area (Å²) >= 11 is 3.69. The zero-order valence-corrected chi connectivity index (χ0v) is 7.68. The summed E-state index contributed by atoms with van der Waals surface area (Å²) in [6.07, 6.45) is 10.4. The standard InChI is InChI=1S/C9H13Br/c10-9-7-5-3-1-2-4-6-8(7)9/h3,5,7-9H,1-2,4,6H2/b5-3-/t7-,8+,9-/m1/s1. The van der Waals surface area contributed by atoms with Crippen LogP contribution >= 0.6 is 15.9 Å². The number of rotatable bonds is 0. The van der Waals surface area contributed by atoms with Gasteiger partial charge in [0.25, 0.3) is 0 Å². The van der Waals surface area contributed by atoms with Crippen LogP contribution in [0.3, 0.4) is 0 Å². The van der Waals surface area contributed by atoms with E-state index in [4.69, 9.17) is 0 Å². The number of allylic oxidation sites excluding steroid dienone is 2. The zero-order valence-electron chi connectivity index (χ0n) is 6.09. The minimum atomic E-state index is 0.821. The molecule has 0 unspecified atom stereocenters. The van der Waals surface area contributed by atoms with E-state index in [1.165, 1.54) is 25.7 Å². The van der Waals surface area contributed by atoms with Crippen LogP contribution in [-0.2, 0) is 0 Å². The number of fused-ring (bicyclic) bond motifs is 1. The van der Waals surface area contributed by atoms with Crippen LogP contribution < -0.4 is 0 Å². The van der Waals surface area contributed by atoms with Gasteiger partial charge in [0.2, 0.25) is 0 Å². The topological polar surface area (TPSA) is 0 Å². The highest BCUT2D eigenvalue weighted by Gasteiger charge is 2.45. The van der Waals surface area contributed by atoms with E-state index in [-0.39, 0.29) is 0 Å². The number of hydrogen-bond donors (Lipinski definition) is 0. The molecular formula is C9H13Br. The molecule has 0 spiro atoms. The van der Waals surface area contributed by atoms with Gasteiger partial charge in [0.05, 0.1) is 0 Å². The SMILES string of the molecule is Br[C@@H]1[C@@H]2/C=C\CCCC[C@H]12. The Labute approximate surface area is 70.8 Å². The van der Waals surface area contributed by atoms with Crippen LogP contribution in [-0.4, -0.2) is 4.83 Å². The molecular weight excluding hydrogens is 188 g/mol. The highest BCUT2D eigenvalue weighted by atomic mass is 79.9. The predicted octanol–water partition coefficient (Wildman–Crippen LogP) is 3.13. The first-order chi connectivity index (χ1) is 4.89. The average Bonchev–Trinajstić information content (AvgIpc) is 2.39. The van der Waals surface area contributed by atoms with Crippen molar-refractivity contribution in [2.24, 2.45) is 11.8 Å². The molecule has 0 aromatic rings. The lowest BCUT2D eigenvalue weighted by molar-refractivity contribution is 0.606. The molecule has 2 rings (SSSR count). The predicted molar refractivity (Wildman–Crippen MR) is 47.3 cm³/mol. The number of hydrogen-bond acceptors (Lipinski definition) is 0. The van der Waals surface area contributed by atoms with Gasteiger partial charge in [-0.3, -0.25) is 0 Å². The zero-order chi connectivity index (χ0) is 6.97. The molecule has 0 N–H and O–H groups in total. The highest BCUT2D eigenvalue weighted by molar-refractivity contribution is 9.09. The Morgan fingerprint density at radius 1 is 1.30 bits per heavy atom. The van der Waals surface area contributed by atoms with E-state index in [0.29, 0.717) is 0 Å². The van der Waals surface area contributed by atoms with Crippen molar-refractivity contribution in [3.05, 3.63) is 12.2 Å². The van der Waals surface area contributed by atoms with Gasteiger partial charge in [-0.25, -0.2) is 0 Å². The summed E-state index contributed by atoms with van der Waals surface area (Å²) in [7, 11) is 0. The molecule has 2 aliphatic rings. The van der Waals surface area contributed by atoms with Crippen LogP contribution in [0, 0.1) is 11.8 Å². The second-order valence-electron chi connectivity index (χ2n) is 3.40. The fourth-order valence-electron chi connectivity index (χ4n) is 1.85. The molecule has 1 heteroatoms. The highest BCUT2D eigenvalue weighted by Crippen LogP contribution is 2.50. The molecule has 2 aliphatic carbocycles. The molecule has 1 fully saturated rings. The van der Waals surface area contributed by atoms with Gasteiger partial charge in [-0.1, -0.05) is 34.5 Å². The molecule has 0 aliphatic heterocycles. The molecule has 0 amide bonds. The smallest absolute Gasteiger partial charge is 0.0245 e. The third-order valence-electron chi connectivity index (χ3n) is 2.65. The van der Waals surface area contributed by atoms with Gasteiger partial charge < -0.3 is 0 Å². The Morgan fingerprint density at radius 2 is 2.20 bits per heavy atom. The van der Waals surface area contributed by atoms with Crippen molar-refractivity contribution in [3.63, 3.8) is 0 Å². The molecule has 0 saturated heterocycles. The molecule has 0 heterocycles. The summed E-state index contributed by atoms with van der Waals surface area (Å²) in [5.41, 5.74) is 0. The Morgan fingerprint density at radius 3 is 3.10 bits per heavy atom. The van der Waals surface area contributed by atoms with Crippen LogP contribution in [0.4, 0.5) is 0 Å². The van der Waals surface area contributed by atoms with E-state index in [1.54, 1.807) is 0 Å². The van der Waals surface area contributed by atoms with Crippen molar-refractivity contribution in [1.82, 2.24) is 0 Å². The van der Waals surface area contributed by atoms with Gasteiger partial charge in [-0.15, -0.1) is 0 Å². The van der Waals surface area contributed by atoms with Gasteiger partial charge in [0.15, 0.2) is 0 Å². The van der Waals surface area contributed by atoms with Crippen molar-refractivity contribution < 1.29 is 0 Å². The van der Waals surface area contributed by atoms with Crippen LogP contribution in [0.2, 0.25) is 0 Å². The van der Waals surface area contributed by atoms with Gasteiger partial charge in [0.1, 0.15) is 0 Å². The Bertz CT molecular complexity index is 151. The second-order valence-corrected chi connectivity index (χ2v) is 4.46. The van der Waals surface area contributed by atoms with E-state index < -0.39 is 0 Å². The molecule has 56 valence electrons. The van der Waals surface area contributed by atoms with Crippen LogP contribution in [0.1, 0.15) is 25.7 Å². The minimum Gasteiger partial charge on any atom is -0.0882 e. The van der Waals surface area contributed by atoms with E-state index in [1.807, 2.05) is 0 Å². The van der Waals surface area contributed by atoms with Crippen molar-refractivity contribution in [2.45, 2.75) is 30.5 Å². The van der Waals surface area contributed by atoms with E-state index in [0.717, 1.165) is 16.7 Å². The summed E-state index contributed by atoms with van der Waals surface area (Å²) in [6.45, 7) is 0. The van der Waals surface area contributed by atoms with Crippen molar-refractivity contribution in [3.8, 4) is 0 Å². The van der Waals surface area contributed by atoms with Gasteiger partial charge >= 0.3 is 0 Å². The summed E-state index contributed by atoms with van der Waals surface area (Å²) in [4.78, 5) is 0.821. The third kappa shape index (κ3) is 1.16. The lowest BCUT2D eigenvalue weighted by atomic mass is 10.1. The molecule has 3 atom stereocenters. The second kappa shape index (κ2) is 2.69. The van der Waals surface area contributed by atoms with Gasteiger partial charge in [-0.2, -0.15) is 0 Å². The molecule has 0 aromatic carbocycles. The lowest BCUT2D eigenvalue weighted by Gasteiger charge is -1.99. The molecule has 10 heavy (non-hydrogen) atoms. The number of halogens is 1. The molecule has 0 nitrogen and oxygen atoms in total. The minimum absolute atomic E-state index is 0.821.